The Morgan fingerprint density at radius 1 is 1.16 bits per heavy atom. The van der Waals surface area contributed by atoms with Crippen LogP contribution in [0.5, 0.6) is 5.75 Å². The fraction of sp³-hybridized carbons (Fsp3) is 0.200. The van der Waals surface area contributed by atoms with Gasteiger partial charge in [0.1, 0.15) is 11.9 Å². The highest BCUT2D eigenvalue weighted by atomic mass is 16.5. The number of nitrogens with zero attached hydrogens (tertiary/aromatic N) is 1. The quantitative estimate of drug-likeness (QED) is 0.744. The van der Waals surface area contributed by atoms with Crippen LogP contribution in [0.4, 0.5) is 5.69 Å². The van der Waals surface area contributed by atoms with Gasteiger partial charge < -0.3 is 14.8 Å². The molecule has 5 nitrogen and oxygen atoms in total. The van der Waals surface area contributed by atoms with E-state index in [0.29, 0.717) is 12.3 Å². The van der Waals surface area contributed by atoms with E-state index in [1.165, 1.54) is 0 Å². The van der Waals surface area contributed by atoms with E-state index in [-0.39, 0.29) is 5.91 Å². The van der Waals surface area contributed by atoms with Gasteiger partial charge >= 0.3 is 0 Å². The van der Waals surface area contributed by atoms with Crippen LogP contribution in [0, 0.1) is 0 Å². The van der Waals surface area contributed by atoms with Crippen molar-refractivity contribution in [2.45, 2.75) is 19.6 Å². The van der Waals surface area contributed by atoms with Crippen LogP contribution < -0.4 is 10.1 Å². The molecule has 128 valence electrons. The highest BCUT2D eigenvalue weighted by Gasteiger charge is 2.14. The zero-order chi connectivity index (χ0) is 17.6. The van der Waals surface area contributed by atoms with Crippen molar-refractivity contribution in [3.05, 3.63) is 66.4 Å². The third-order valence-corrected chi connectivity index (χ3v) is 3.86. The van der Waals surface area contributed by atoms with Crippen molar-refractivity contribution in [3.8, 4) is 5.75 Å². The summed E-state index contributed by atoms with van der Waals surface area (Å²) in [4.78, 5) is 16.6. The Morgan fingerprint density at radius 2 is 2.00 bits per heavy atom. The number of ether oxygens (including phenoxy) is 2. The standard InChI is InChI=1S/C20H20N2O3/c1-14(25-13-15-6-5-8-18(10-15)24-2)20(23)22-17-11-16-7-3-4-9-19(16)21-12-17/h3-12,14H,13H2,1-2H3,(H,22,23). The third-order valence-electron chi connectivity index (χ3n) is 3.86. The fourth-order valence-electron chi connectivity index (χ4n) is 2.44. The predicted octanol–water partition coefficient (Wildman–Crippen LogP) is 3.79. The van der Waals surface area contributed by atoms with Crippen LogP contribution in [-0.2, 0) is 16.1 Å². The largest absolute Gasteiger partial charge is 0.497 e. The molecule has 1 heterocycles. The number of hydrogen-bond acceptors (Lipinski definition) is 4. The molecule has 0 aliphatic carbocycles. The molecular weight excluding hydrogens is 316 g/mol. The SMILES string of the molecule is COc1cccc(COC(C)C(=O)Nc2cnc3ccccc3c2)c1. The minimum atomic E-state index is -0.585. The molecule has 0 bridgehead atoms. The van der Waals surface area contributed by atoms with Gasteiger partial charge in [-0.05, 0) is 36.8 Å². The van der Waals surface area contributed by atoms with Gasteiger partial charge in [0, 0.05) is 5.39 Å². The summed E-state index contributed by atoms with van der Waals surface area (Å²) in [6.07, 6.45) is 1.06. The average molecular weight is 336 g/mol. The van der Waals surface area contributed by atoms with E-state index in [2.05, 4.69) is 10.3 Å². The zero-order valence-electron chi connectivity index (χ0n) is 14.2. The van der Waals surface area contributed by atoms with E-state index >= 15 is 0 Å². The van der Waals surface area contributed by atoms with Crippen molar-refractivity contribution in [1.82, 2.24) is 4.98 Å². The van der Waals surface area contributed by atoms with Crippen LogP contribution in [0.3, 0.4) is 0 Å². The number of amides is 1. The lowest BCUT2D eigenvalue weighted by Crippen LogP contribution is -2.27. The van der Waals surface area contributed by atoms with E-state index in [4.69, 9.17) is 9.47 Å². The predicted molar refractivity (Wildman–Crippen MR) is 97.6 cm³/mol. The van der Waals surface area contributed by atoms with E-state index in [0.717, 1.165) is 22.2 Å². The molecule has 1 atom stereocenters. The third kappa shape index (κ3) is 4.33. The number of anilines is 1. The maximum absolute atomic E-state index is 12.3. The Kier molecular flexibility index (Phi) is 5.26. The lowest BCUT2D eigenvalue weighted by atomic mass is 10.2. The minimum Gasteiger partial charge on any atom is -0.497 e. The van der Waals surface area contributed by atoms with Gasteiger partial charge in [-0.25, -0.2) is 0 Å². The number of rotatable bonds is 6. The second-order valence-corrected chi connectivity index (χ2v) is 5.71. The van der Waals surface area contributed by atoms with Gasteiger partial charge in [-0.1, -0.05) is 30.3 Å². The molecule has 0 fully saturated rings. The van der Waals surface area contributed by atoms with Crippen molar-refractivity contribution in [2.24, 2.45) is 0 Å². The van der Waals surface area contributed by atoms with E-state index in [1.807, 2.05) is 54.6 Å². The number of benzene rings is 2. The number of fused-ring (bicyclic) bond motifs is 1. The van der Waals surface area contributed by atoms with E-state index in [1.54, 1.807) is 20.2 Å². The van der Waals surface area contributed by atoms with Gasteiger partial charge in [-0.2, -0.15) is 0 Å². The van der Waals surface area contributed by atoms with Gasteiger partial charge in [0.15, 0.2) is 0 Å². The van der Waals surface area contributed by atoms with Crippen molar-refractivity contribution >= 4 is 22.5 Å². The first-order valence-electron chi connectivity index (χ1n) is 8.06. The van der Waals surface area contributed by atoms with Gasteiger partial charge in [-0.3, -0.25) is 9.78 Å². The zero-order valence-corrected chi connectivity index (χ0v) is 14.2. The second-order valence-electron chi connectivity index (χ2n) is 5.71. The summed E-state index contributed by atoms with van der Waals surface area (Å²) in [5, 5.41) is 3.82. The summed E-state index contributed by atoms with van der Waals surface area (Å²) < 4.78 is 10.8. The highest BCUT2D eigenvalue weighted by Crippen LogP contribution is 2.17. The fourth-order valence-corrected chi connectivity index (χ4v) is 2.44. The van der Waals surface area contributed by atoms with Gasteiger partial charge in [-0.15, -0.1) is 0 Å². The van der Waals surface area contributed by atoms with Crippen LogP contribution in [0.1, 0.15) is 12.5 Å². The topological polar surface area (TPSA) is 60.5 Å². The molecule has 25 heavy (non-hydrogen) atoms. The van der Waals surface area contributed by atoms with Crippen molar-refractivity contribution in [2.75, 3.05) is 12.4 Å². The number of hydrogen-bond donors (Lipinski definition) is 1. The number of carbonyl (C=O) groups excluding carboxylic acids is 1. The van der Waals surface area contributed by atoms with Gasteiger partial charge in [0.2, 0.25) is 0 Å². The summed E-state index contributed by atoms with van der Waals surface area (Å²) in [6, 6.07) is 17.2. The monoisotopic (exact) mass is 336 g/mol. The first kappa shape index (κ1) is 16.9. The molecule has 0 aliphatic heterocycles. The first-order valence-corrected chi connectivity index (χ1v) is 8.06. The van der Waals surface area contributed by atoms with Crippen molar-refractivity contribution in [3.63, 3.8) is 0 Å². The summed E-state index contributed by atoms with van der Waals surface area (Å²) in [5.41, 5.74) is 2.50. The Balaban J connectivity index is 1.59. The summed E-state index contributed by atoms with van der Waals surface area (Å²) in [5.74, 6) is 0.556. The van der Waals surface area contributed by atoms with Crippen LogP contribution in [0.2, 0.25) is 0 Å². The maximum atomic E-state index is 12.3. The molecule has 3 aromatic rings. The molecule has 0 aliphatic rings. The molecule has 1 aromatic heterocycles. The molecule has 2 aromatic carbocycles. The molecule has 1 unspecified atom stereocenters. The Morgan fingerprint density at radius 3 is 2.84 bits per heavy atom. The lowest BCUT2D eigenvalue weighted by molar-refractivity contribution is -0.127. The maximum Gasteiger partial charge on any atom is 0.253 e. The second kappa shape index (κ2) is 7.77. The molecule has 5 heteroatoms. The molecule has 1 amide bonds. The smallest absolute Gasteiger partial charge is 0.253 e. The number of pyridine rings is 1. The molecule has 0 radical (unpaired) electrons. The van der Waals surface area contributed by atoms with Crippen LogP contribution in [-0.4, -0.2) is 24.1 Å². The number of nitrogens with one attached hydrogen (secondary N) is 1. The number of aromatic nitrogens is 1. The summed E-state index contributed by atoms with van der Waals surface area (Å²) in [6.45, 7) is 2.06. The Bertz CT molecular complexity index is 879. The number of methoxy groups -OCH3 is 1. The molecule has 0 spiro atoms. The van der Waals surface area contributed by atoms with Crippen LogP contribution in [0.15, 0.2) is 60.8 Å². The molecule has 0 saturated carbocycles. The highest BCUT2D eigenvalue weighted by molar-refractivity contribution is 5.95. The van der Waals surface area contributed by atoms with Crippen LogP contribution >= 0.6 is 0 Å². The van der Waals surface area contributed by atoms with Crippen LogP contribution in [0.25, 0.3) is 10.9 Å². The Labute approximate surface area is 146 Å². The van der Waals surface area contributed by atoms with Gasteiger partial charge in [0.05, 0.1) is 31.1 Å². The van der Waals surface area contributed by atoms with E-state index in [9.17, 15) is 4.79 Å². The molecular formula is C20H20N2O3. The number of carbonyl (C=O) groups is 1. The minimum absolute atomic E-state index is 0.208. The summed E-state index contributed by atoms with van der Waals surface area (Å²) >= 11 is 0. The molecule has 1 N–H and O–H groups in total. The molecule has 3 rings (SSSR count). The summed E-state index contributed by atoms with van der Waals surface area (Å²) in [7, 11) is 1.62. The average Bonchev–Trinajstić information content (AvgIpc) is 2.66. The first-order chi connectivity index (χ1) is 12.2. The molecule has 0 saturated heterocycles. The normalized spacial score (nSPS) is 11.9. The Hall–Kier alpha value is -2.92. The number of para-hydroxylation sites is 1. The van der Waals surface area contributed by atoms with Gasteiger partial charge in [0.25, 0.3) is 5.91 Å². The van der Waals surface area contributed by atoms with Crippen molar-refractivity contribution in [1.29, 1.82) is 0 Å². The lowest BCUT2D eigenvalue weighted by Gasteiger charge is -2.14. The van der Waals surface area contributed by atoms with E-state index < -0.39 is 6.10 Å². The van der Waals surface area contributed by atoms with Crippen molar-refractivity contribution < 1.29 is 14.3 Å².